The molecule has 11 heteroatoms. The number of para-hydroxylation sites is 1. The summed E-state index contributed by atoms with van der Waals surface area (Å²) in [6.07, 6.45) is 3.08. The number of hydrogen-bond donors (Lipinski definition) is 2. The van der Waals surface area contributed by atoms with Crippen LogP contribution in [0.2, 0.25) is 0 Å². The molecule has 0 saturated heterocycles. The zero-order valence-corrected chi connectivity index (χ0v) is 20.1. The van der Waals surface area contributed by atoms with E-state index >= 15 is 0 Å². The fraction of sp³-hybridized carbons (Fsp3) is 0.348. The molecular formula is C23H28N4O6S. The summed E-state index contributed by atoms with van der Waals surface area (Å²) in [5, 5.41) is 3.52. The first kappa shape index (κ1) is 25.2. The number of nitrogens with zero attached hydrogens (tertiary/aromatic N) is 2. The predicted molar refractivity (Wildman–Crippen MR) is 127 cm³/mol. The second kappa shape index (κ2) is 10.7. The third-order valence-electron chi connectivity index (χ3n) is 5.53. The summed E-state index contributed by atoms with van der Waals surface area (Å²) in [6.45, 7) is 3.51. The molecule has 34 heavy (non-hydrogen) atoms. The van der Waals surface area contributed by atoms with Crippen molar-refractivity contribution < 1.29 is 22.7 Å². The number of H-pyrrole nitrogens is 1. The number of methoxy groups -OCH3 is 1. The topological polar surface area (TPSA) is 131 Å². The van der Waals surface area contributed by atoms with Crippen molar-refractivity contribution in [2.75, 3.05) is 20.2 Å². The summed E-state index contributed by atoms with van der Waals surface area (Å²) in [5.74, 6) is -1.27. The van der Waals surface area contributed by atoms with Crippen LogP contribution >= 0.6 is 0 Å². The van der Waals surface area contributed by atoms with Gasteiger partial charge in [0.25, 0.3) is 5.56 Å². The minimum absolute atomic E-state index is 0.0908. The maximum absolute atomic E-state index is 12.8. The van der Waals surface area contributed by atoms with Gasteiger partial charge in [-0.2, -0.15) is 4.31 Å². The monoisotopic (exact) mass is 488 g/mol. The van der Waals surface area contributed by atoms with Crippen molar-refractivity contribution in [3.05, 3.63) is 64.7 Å². The van der Waals surface area contributed by atoms with Gasteiger partial charge in [0.1, 0.15) is 12.6 Å². The normalized spacial score (nSPS) is 12.6. The Balaban J connectivity index is 1.81. The summed E-state index contributed by atoms with van der Waals surface area (Å²) in [7, 11) is -2.58. The number of esters is 1. The number of sulfonamides is 1. The maximum atomic E-state index is 12.8. The van der Waals surface area contributed by atoms with E-state index in [1.54, 1.807) is 20.0 Å². The highest BCUT2D eigenvalue weighted by Crippen LogP contribution is 2.19. The third-order valence-corrected chi connectivity index (χ3v) is 7.57. The number of hydrogen-bond acceptors (Lipinski definition) is 6. The fourth-order valence-electron chi connectivity index (χ4n) is 3.75. The summed E-state index contributed by atoms with van der Waals surface area (Å²) in [4.78, 5) is 40.4. The van der Waals surface area contributed by atoms with E-state index in [0.717, 1.165) is 33.3 Å². The second-order valence-electron chi connectivity index (χ2n) is 7.63. The molecule has 0 bridgehead atoms. The van der Waals surface area contributed by atoms with Crippen LogP contribution in [-0.2, 0) is 37.3 Å². The van der Waals surface area contributed by atoms with Gasteiger partial charge in [-0.15, -0.1) is 0 Å². The van der Waals surface area contributed by atoms with Crippen LogP contribution in [0.25, 0.3) is 10.9 Å². The zero-order valence-electron chi connectivity index (χ0n) is 19.3. The van der Waals surface area contributed by atoms with Crippen LogP contribution in [0.3, 0.4) is 0 Å². The number of aromatic nitrogens is 2. The van der Waals surface area contributed by atoms with Gasteiger partial charge in [-0.25, -0.2) is 13.2 Å². The molecule has 0 aliphatic rings. The smallest absolute Gasteiger partial charge is 0.328 e. The number of nitrogens with one attached hydrogen (secondary N) is 2. The van der Waals surface area contributed by atoms with Gasteiger partial charge in [0, 0.05) is 48.9 Å². The van der Waals surface area contributed by atoms with Crippen molar-refractivity contribution in [1.29, 1.82) is 0 Å². The van der Waals surface area contributed by atoms with Gasteiger partial charge in [-0.3, -0.25) is 9.59 Å². The van der Waals surface area contributed by atoms with E-state index in [-0.39, 0.29) is 24.4 Å². The minimum atomic E-state index is -3.81. The molecule has 3 rings (SSSR count). The Bertz CT molecular complexity index is 1340. The number of carbonyl (C=O) groups excluding carboxylic acids is 2. The Labute approximate surface area is 197 Å². The fourth-order valence-corrected chi connectivity index (χ4v) is 5.23. The van der Waals surface area contributed by atoms with Crippen molar-refractivity contribution >= 4 is 32.8 Å². The molecule has 2 heterocycles. The van der Waals surface area contributed by atoms with Gasteiger partial charge >= 0.3 is 5.97 Å². The second-order valence-corrected chi connectivity index (χ2v) is 9.57. The third kappa shape index (κ3) is 5.37. The van der Waals surface area contributed by atoms with E-state index in [1.165, 1.54) is 17.5 Å². The highest BCUT2D eigenvalue weighted by Gasteiger charge is 2.25. The SMILES string of the molecule is CCN(CC)S(=O)(=O)c1ccc(=O)n(CC(=O)N[C@H](Cc2c[nH]c3ccccc23)C(=O)OC)c1. The molecule has 0 aliphatic heterocycles. The molecule has 0 spiro atoms. The summed E-state index contributed by atoms with van der Waals surface area (Å²) < 4.78 is 32.7. The Morgan fingerprint density at radius 1 is 1.15 bits per heavy atom. The molecule has 0 saturated carbocycles. The quantitative estimate of drug-likeness (QED) is 0.413. The lowest BCUT2D eigenvalue weighted by Gasteiger charge is -2.19. The van der Waals surface area contributed by atoms with Gasteiger partial charge in [-0.1, -0.05) is 32.0 Å². The van der Waals surface area contributed by atoms with Crippen molar-refractivity contribution in [3.63, 3.8) is 0 Å². The number of aromatic amines is 1. The Hall–Kier alpha value is -3.44. The molecule has 2 aromatic heterocycles. The predicted octanol–water partition coefficient (Wildman–Crippen LogP) is 1.26. The van der Waals surface area contributed by atoms with Crippen LogP contribution in [0.4, 0.5) is 0 Å². The van der Waals surface area contributed by atoms with Crippen molar-refractivity contribution in [2.24, 2.45) is 0 Å². The van der Waals surface area contributed by atoms with Crippen molar-refractivity contribution in [3.8, 4) is 0 Å². The van der Waals surface area contributed by atoms with Crippen LogP contribution in [0, 0.1) is 0 Å². The zero-order chi connectivity index (χ0) is 24.9. The first-order chi connectivity index (χ1) is 16.2. The van der Waals surface area contributed by atoms with Crippen LogP contribution in [-0.4, -0.2) is 60.4 Å². The van der Waals surface area contributed by atoms with Gasteiger partial charge in [0.05, 0.1) is 12.0 Å². The molecule has 1 atom stereocenters. The summed E-state index contributed by atoms with van der Waals surface area (Å²) in [5.41, 5.74) is 1.17. The number of amides is 1. The standard InChI is InChI=1S/C23H28N4O6S/c1-4-27(5-2)34(31,32)17-10-11-22(29)26(14-17)15-21(28)25-20(23(30)33-3)12-16-13-24-19-9-7-6-8-18(16)19/h6-11,13-14,20,24H,4-5,12,15H2,1-3H3,(H,25,28)/t20-/m1/s1. The lowest BCUT2D eigenvalue weighted by molar-refractivity contribution is -0.145. The summed E-state index contributed by atoms with van der Waals surface area (Å²) in [6, 6.07) is 8.89. The van der Waals surface area contributed by atoms with Crippen LogP contribution in [0.1, 0.15) is 19.4 Å². The number of ether oxygens (including phenoxy) is 1. The highest BCUT2D eigenvalue weighted by molar-refractivity contribution is 7.89. The molecule has 0 aliphatic carbocycles. The molecule has 0 unspecified atom stereocenters. The van der Waals surface area contributed by atoms with E-state index in [9.17, 15) is 22.8 Å². The molecule has 1 amide bonds. The largest absolute Gasteiger partial charge is 0.467 e. The minimum Gasteiger partial charge on any atom is -0.467 e. The Morgan fingerprint density at radius 3 is 2.53 bits per heavy atom. The Morgan fingerprint density at radius 2 is 1.85 bits per heavy atom. The van der Waals surface area contributed by atoms with Crippen molar-refractivity contribution in [2.45, 2.75) is 37.8 Å². The lowest BCUT2D eigenvalue weighted by atomic mass is 10.0. The molecule has 3 aromatic rings. The first-order valence-corrected chi connectivity index (χ1v) is 12.3. The van der Waals surface area contributed by atoms with Gasteiger partial charge < -0.3 is 19.6 Å². The maximum Gasteiger partial charge on any atom is 0.328 e. The summed E-state index contributed by atoms with van der Waals surface area (Å²) >= 11 is 0. The highest BCUT2D eigenvalue weighted by atomic mass is 32.2. The van der Waals surface area contributed by atoms with E-state index < -0.39 is 40.0 Å². The lowest BCUT2D eigenvalue weighted by Crippen LogP contribution is -2.45. The molecule has 182 valence electrons. The first-order valence-electron chi connectivity index (χ1n) is 10.8. The van der Waals surface area contributed by atoms with Gasteiger partial charge in [0.2, 0.25) is 15.9 Å². The van der Waals surface area contributed by atoms with E-state index in [2.05, 4.69) is 10.3 Å². The van der Waals surface area contributed by atoms with Crippen LogP contribution in [0.5, 0.6) is 0 Å². The number of pyridine rings is 1. The molecule has 10 nitrogen and oxygen atoms in total. The Kier molecular flexibility index (Phi) is 7.90. The molecule has 0 fully saturated rings. The van der Waals surface area contributed by atoms with Crippen LogP contribution < -0.4 is 10.9 Å². The number of fused-ring (bicyclic) bond motifs is 1. The molecule has 2 N–H and O–H groups in total. The van der Waals surface area contributed by atoms with E-state index in [1.807, 2.05) is 24.3 Å². The molecular weight excluding hydrogens is 460 g/mol. The number of benzene rings is 1. The number of rotatable bonds is 10. The van der Waals surface area contributed by atoms with E-state index in [4.69, 9.17) is 4.74 Å². The number of carbonyl (C=O) groups is 2. The molecule has 1 aromatic carbocycles. The van der Waals surface area contributed by atoms with Gasteiger partial charge in [-0.05, 0) is 17.7 Å². The molecule has 0 radical (unpaired) electrons. The van der Waals surface area contributed by atoms with Crippen LogP contribution in [0.15, 0.2) is 58.5 Å². The average Bonchev–Trinajstić information content (AvgIpc) is 3.23. The van der Waals surface area contributed by atoms with Gasteiger partial charge in [0.15, 0.2) is 0 Å². The van der Waals surface area contributed by atoms with E-state index in [0.29, 0.717) is 0 Å². The van der Waals surface area contributed by atoms with Crippen molar-refractivity contribution in [1.82, 2.24) is 19.2 Å². The average molecular weight is 489 g/mol.